The molecule has 0 aliphatic carbocycles. The van der Waals surface area contributed by atoms with Gasteiger partial charge >= 0.3 is 12.1 Å². The van der Waals surface area contributed by atoms with Crippen LogP contribution in [0.4, 0.5) is 16.2 Å². The molecule has 1 fully saturated rings. The van der Waals surface area contributed by atoms with E-state index < -0.39 is 17.7 Å². The summed E-state index contributed by atoms with van der Waals surface area (Å²) in [6, 6.07) is 2.88. The van der Waals surface area contributed by atoms with Crippen LogP contribution in [0, 0.1) is 0 Å². The Morgan fingerprint density at radius 3 is 2.58 bits per heavy atom. The fraction of sp³-hybridized carbons (Fsp3) is 0.565. The third-order valence-corrected chi connectivity index (χ3v) is 4.69. The van der Waals surface area contributed by atoms with Crippen molar-refractivity contribution in [2.45, 2.75) is 32.8 Å². The standard InChI is InChI=1S/C23H36N4O6/c1-23(2,3)33-22(30)26-8-5-4-7-25-20-18(24)15-17(21(28)29)16-19(20)32-12-6-9-27-10-13-31-14-11-27/h4-5,15-16,25H,6-14,24H2,1-3H3,(H,26,30)(H,28,29)/b5-4+. The maximum absolute atomic E-state index is 11.6. The van der Waals surface area contributed by atoms with E-state index >= 15 is 0 Å². The van der Waals surface area contributed by atoms with Crippen LogP contribution in [-0.2, 0) is 9.47 Å². The van der Waals surface area contributed by atoms with Crippen molar-refractivity contribution in [2.75, 3.05) is 63.6 Å². The molecular formula is C23H36N4O6. The average molecular weight is 465 g/mol. The summed E-state index contributed by atoms with van der Waals surface area (Å²) in [5, 5.41) is 15.2. The van der Waals surface area contributed by atoms with Gasteiger partial charge in [0.1, 0.15) is 17.0 Å². The Morgan fingerprint density at radius 2 is 1.91 bits per heavy atom. The number of carbonyl (C=O) groups excluding carboxylic acids is 1. The molecule has 1 aromatic rings. The molecule has 1 amide bonds. The molecule has 1 saturated heterocycles. The zero-order valence-electron chi connectivity index (χ0n) is 19.7. The van der Waals surface area contributed by atoms with Gasteiger partial charge in [0, 0.05) is 32.7 Å². The van der Waals surface area contributed by atoms with Gasteiger partial charge in [-0.05, 0) is 39.3 Å². The Morgan fingerprint density at radius 1 is 1.21 bits per heavy atom. The van der Waals surface area contributed by atoms with E-state index in [1.54, 1.807) is 26.8 Å². The van der Waals surface area contributed by atoms with Crippen LogP contribution in [0.3, 0.4) is 0 Å². The minimum absolute atomic E-state index is 0.0679. The Kier molecular flexibility index (Phi) is 10.3. The topological polar surface area (TPSA) is 135 Å². The van der Waals surface area contributed by atoms with E-state index in [1.807, 2.05) is 6.08 Å². The summed E-state index contributed by atoms with van der Waals surface area (Å²) in [6.45, 7) is 10.7. The molecule has 0 saturated carbocycles. The van der Waals surface area contributed by atoms with E-state index in [-0.39, 0.29) is 5.56 Å². The van der Waals surface area contributed by atoms with Crippen LogP contribution in [0.5, 0.6) is 5.75 Å². The number of anilines is 2. The summed E-state index contributed by atoms with van der Waals surface area (Å²) < 4.78 is 16.4. The van der Waals surface area contributed by atoms with E-state index in [0.717, 1.165) is 39.3 Å². The first kappa shape index (κ1) is 26.3. The van der Waals surface area contributed by atoms with Gasteiger partial charge in [-0.2, -0.15) is 0 Å². The number of rotatable bonds is 11. The Balaban J connectivity index is 1.87. The molecule has 10 heteroatoms. The fourth-order valence-electron chi connectivity index (χ4n) is 3.14. The molecule has 1 heterocycles. The van der Waals surface area contributed by atoms with Gasteiger partial charge < -0.3 is 35.7 Å². The molecule has 0 spiro atoms. The molecule has 1 aliphatic rings. The van der Waals surface area contributed by atoms with Crippen LogP contribution < -0.4 is 21.1 Å². The minimum atomic E-state index is -1.07. The number of ether oxygens (including phenoxy) is 3. The number of nitrogen functional groups attached to an aromatic ring is 1. The second-order valence-corrected chi connectivity index (χ2v) is 8.63. The van der Waals surface area contributed by atoms with Gasteiger partial charge in [0.2, 0.25) is 0 Å². The molecule has 33 heavy (non-hydrogen) atoms. The van der Waals surface area contributed by atoms with Crippen LogP contribution in [-0.4, -0.2) is 80.2 Å². The summed E-state index contributed by atoms with van der Waals surface area (Å²) in [6.07, 6.45) is 3.92. The minimum Gasteiger partial charge on any atom is -0.491 e. The average Bonchev–Trinajstić information content (AvgIpc) is 2.74. The number of aromatic carboxylic acids is 1. The molecule has 2 rings (SSSR count). The normalized spacial score (nSPS) is 14.8. The summed E-state index contributed by atoms with van der Waals surface area (Å²) >= 11 is 0. The number of hydrogen-bond acceptors (Lipinski definition) is 8. The maximum Gasteiger partial charge on any atom is 0.407 e. The number of hydrogen-bond donors (Lipinski definition) is 4. The van der Waals surface area contributed by atoms with Crippen LogP contribution in [0.25, 0.3) is 0 Å². The van der Waals surface area contributed by atoms with E-state index in [0.29, 0.717) is 36.8 Å². The second kappa shape index (κ2) is 12.9. The van der Waals surface area contributed by atoms with Crippen molar-refractivity contribution >= 4 is 23.4 Å². The molecule has 10 nitrogen and oxygen atoms in total. The lowest BCUT2D eigenvalue weighted by Gasteiger charge is -2.26. The summed E-state index contributed by atoms with van der Waals surface area (Å²) in [4.78, 5) is 25.4. The van der Waals surface area contributed by atoms with Gasteiger partial charge in [-0.15, -0.1) is 0 Å². The SMILES string of the molecule is CC(C)(C)OC(=O)NC/C=C/CNc1c(N)cc(C(=O)O)cc1OCCCN1CCOCC1. The van der Waals surface area contributed by atoms with Crippen molar-refractivity contribution in [3.05, 3.63) is 29.8 Å². The number of nitrogens with zero attached hydrogens (tertiary/aromatic N) is 1. The van der Waals surface area contributed by atoms with E-state index in [4.69, 9.17) is 19.9 Å². The molecule has 0 aromatic heterocycles. The second-order valence-electron chi connectivity index (χ2n) is 8.63. The zero-order chi connectivity index (χ0) is 24.3. The number of carboxylic acids is 1. The summed E-state index contributed by atoms with van der Waals surface area (Å²) in [5.41, 5.74) is 6.44. The number of benzene rings is 1. The smallest absolute Gasteiger partial charge is 0.407 e. The van der Waals surface area contributed by atoms with Crippen molar-refractivity contribution in [1.29, 1.82) is 0 Å². The van der Waals surface area contributed by atoms with Crippen molar-refractivity contribution in [1.82, 2.24) is 10.2 Å². The third-order valence-electron chi connectivity index (χ3n) is 4.69. The number of morpholine rings is 1. The summed E-state index contributed by atoms with van der Waals surface area (Å²) in [5.74, 6) is -0.672. The Bertz CT molecular complexity index is 816. The predicted molar refractivity (Wildman–Crippen MR) is 127 cm³/mol. The number of nitrogens with one attached hydrogen (secondary N) is 2. The highest BCUT2D eigenvalue weighted by molar-refractivity contribution is 5.92. The molecule has 0 atom stereocenters. The molecule has 184 valence electrons. The van der Waals surface area contributed by atoms with Crippen LogP contribution in [0.15, 0.2) is 24.3 Å². The quantitative estimate of drug-likeness (QED) is 0.221. The molecule has 1 aliphatic heterocycles. The maximum atomic E-state index is 11.6. The fourth-order valence-corrected chi connectivity index (χ4v) is 3.14. The lowest BCUT2D eigenvalue weighted by Crippen LogP contribution is -2.37. The first-order chi connectivity index (χ1) is 15.7. The molecular weight excluding hydrogens is 428 g/mol. The Hall–Kier alpha value is -2.98. The first-order valence-corrected chi connectivity index (χ1v) is 11.1. The Labute approximate surface area is 195 Å². The van der Waals surface area contributed by atoms with Crippen molar-refractivity contribution in [3.8, 4) is 5.75 Å². The van der Waals surface area contributed by atoms with Crippen molar-refractivity contribution in [3.63, 3.8) is 0 Å². The summed E-state index contributed by atoms with van der Waals surface area (Å²) in [7, 11) is 0. The van der Waals surface area contributed by atoms with Gasteiger partial charge in [-0.3, -0.25) is 4.90 Å². The largest absolute Gasteiger partial charge is 0.491 e. The first-order valence-electron chi connectivity index (χ1n) is 11.1. The van der Waals surface area contributed by atoms with Gasteiger partial charge in [0.15, 0.2) is 0 Å². The lowest BCUT2D eigenvalue weighted by molar-refractivity contribution is 0.0358. The molecule has 0 unspecified atom stereocenters. The zero-order valence-corrected chi connectivity index (χ0v) is 19.7. The van der Waals surface area contributed by atoms with Crippen LogP contribution >= 0.6 is 0 Å². The van der Waals surface area contributed by atoms with Crippen molar-refractivity contribution in [2.24, 2.45) is 0 Å². The van der Waals surface area contributed by atoms with Crippen LogP contribution in [0.2, 0.25) is 0 Å². The number of carboxylic acid groups (broad SMARTS) is 1. The van der Waals surface area contributed by atoms with E-state index in [1.165, 1.54) is 12.1 Å². The monoisotopic (exact) mass is 464 g/mol. The number of amides is 1. The highest BCUT2D eigenvalue weighted by Gasteiger charge is 2.16. The lowest BCUT2D eigenvalue weighted by atomic mass is 10.1. The highest BCUT2D eigenvalue weighted by atomic mass is 16.6. The van der Waals surface area contributed by atoms with Crippen LogP contribution in [0.1, 0.15) is 37.6 Å². The van der Waals surface area contributed by atoms with Gasteiger partial charge in [-0.1, -0.05) is 12.2 Å². The third kappa shape index (κ3) is 10.0. The predicted octanol–water partition coefficient (Wildman–Crippen LogP) is 2.56. The molecule has 5 N–H and O–H groups in total. The number of nitrogens with two attached hydrogens (primary N) is 1. The number of alkyl carbamates (subject to hydrolysis) is 1. The van der Waals surface area contributed by atoms with E-state index in [9.17, 15) is 14.7 Å². The van der Waals surface area contributed by atoms with E-state index in [2.05, 4.69) is 15.5 Å². The molecule has 0 radical (unpaired) electrons. The van der Waals surface area contributed by atoms with Gasteiger partial charge in [0.05, 0.1) is 31.1 Å². The van der Waals surface area contributed by atoms with Crippen molar-refractivity contribution < 1.29 is 28.9 Å². The van der Waals surface area contributed by atoms with Gasteiger partial charge in [0.25, 0.3) is 0 Å². The molecule has 1 aromatic carbocycles. The number of carbonyl (C=O) groups is 2. The van der Waals surface area contributed by atoms with Gasteiger partial charge in [-0.25, -0.2) is 9.59 Å². The highest BCUT2D eigenvalue weighted by Crippen LogP contribution is 2.32. The molecule has 0 bridgehead atoms.